The van der Waals surface area contributed by atoms with Gasteiger partial charge in [-0.25, -0.2) is 8.42 Å². The van der Waals surface area contributed by atoms with E-state index in [1.165, 1.54) is 0 Å². The van der Waals surface area contributed by atoms with Gasteiger partial charge in [0, 0.05) is 25.0 Å². The van der Waals surface area contributed by atoms with E-state index in [1.807, 2.05) is 24.4 Å². The van der Waals surface area contributed by atoms with Crippen LogP contribution in [-0.4, -0.2) is 30.3 Å². The SMILES string of the molecule is O=S(=O)(c1ccccc1)N1CCCCC1CCc1cccnc1. The third-order valence-electron chi connectivity index (χ3n) is 4.41. The Kier molecular flexibility index (Phi) is 5.08. The van der Waals surface area contributed by atoms with Crippen LogP contribution in [0.25, 0.3) is 0 Å². The first-order valence-corrected chi connectivity index (χ1v) is 9.58. The Morgan fingerprint density at radius 1 is 1.09 bits per heavy atom. The summed E-state index contributed by atoms with van der Waals surface area (Å²) in [6, 6.07) is 12.8. The van der Waals surface area contributed by atoms with Crippen LogP contribution < -0.4 is 0 Å². The maximum atomic E-state index is 12.9. The first-order valence-electron chi connectivity index (χ1n) is 8.14. The Balaban J connectivity index is 1.76. The molecule has 2 heterocycles. The molecule has 0 N–H and O–H groups in total. The summed E-state index contributed by atoms with van der Waals surface area (Å²) in [6.45, 7) is 0.620. The molecule has 0 bridgehead atoms. The van der Waals surface area contributed by atoms with Gasteiger partial charge in [-0.1, -0.05) is 30.7 Å². The first-order chi connectivity index (χ1) is 11.2. The molecule has 0 spiro atoms. The molecule has 1 aliphatic heterocycles. The Labute approximate surface area is 138 Å². The number of aromatic nitrogens is 1. The molecular weight excluding hydrogens is 308 g/mol. The number of aryl methyl sites for hydroxylation is 1. The van der Waals surface area contributed by atoms with Gasteiger partial charge in [0.2, 0.25) is 10.0 Å². The predicted molar refractivity (Wildman–Crippen MR) is 90.5 cm³/mol. The van der Waals surface area contributed by atoms with Gasteiger partial charge in [0.05, 0.1) is 4.90 Å². The van der Waals surface area contributed by atoms with Crippen LogP contribution in [0.15, 0.2) is 59.8 Å². The van der Waals surface area contributed by atoms with Crippen molar-refractivity contribution in [3.8, 4) is 0 Å². The summed E-state index contributed by atoms with van der Waals surface area (Å²) in [7, 11) is -3.40. The Morgan fingerprint density at radius 3 is 2.65 bits per heavy atom. The van der Waals surface area contributed by atoms with Crippen LogP contribution in [0.2, 0.25) is 0 Å². The lowest BCUT2D eigenvalue weighted by Crippen LogP contribution is -2.43. The monoisotopic (exact) mass is 330 g/mol. The molecule has 0 radical (unpaired) electrons. The quantitative estimate of drug-likeness (QED) is 0.845. The Bertz CT molecular complexity index is 717. The smallest absolute Gasteiger partial charge is 0.243 e. The minimum absolute atomic E-state index is 0.0779. The molecule has 122 valence electrons. The molecule has 23 heavy (non-hydrogen) atoms. The second-order valence-corrected chi connectivity index (χ2v) is 7.87. The van der Waals surface area contributed by atoms with E-state index in [9.17, 15) is 8.42 Å². The molecule has 1 aromatic carbocycles. The maximum absolute atomic E-state index is 12.9. The lowest BCUT2D eigenvalue weighted by atomic mass is 9.98. The lowest BCUT2D eigenvalue weighted by molar-refractivity contribution is 0.241. The number of benzene rings is 1. The zero-order valence-electron chi connectivity index (χ0n) is 13.1. The number of piperidine rings is 1. The van der Waals surface area contributed by atoms with Crippen molar-refractivity contribution in [2.75, 3.05) is 6.54 Å². The minimum atomic E-state index is -3.40. The molecule has 1 unspecified atom stereocenters. The minimum Gasteiger partial charge on any atom is -0.264 e. The molecule has 0 aliphatic carbocycles. The molecule has 0 amide bonds. The summed E-state index contributed by atoms with van der Waals surface area (Å²) in [5.41, 5.74) is 1.16. The molecule has 1 aliphatic rings. The molecule has 2 aromatic rings. The van der Waals surface area contributed by atoms with Gasteiger partial charge in [-0.2, -0.15) is 4.31 Å². The second kappa shape index (κ2) is 7.23. The van der Waals surface area contributed by atoms with Crippen molar-refractivity contribution in [2.24, 2.45) is 0 Å². The molecule has 1 saturated heterocycles. The second-order valence-electron chi connectivity index (χ2n) is 5.98. The van der Waals surface area contributed by atoms with E-state index >= 15 is 0 Å². The zero-order valence-corrected chi connectivity index (χ0v) is 14.0. The summed E-state index contributed by atoms with van der Waals surface area (Å²) >= 11 is 0. The number of nitrogens with zero attached hydrogens (tertiary/aromatic N) is 2. The van der Waals surface area contributed by atoms with Gasteiger partial charge in [0.25, 0.3) is 0 Å². The van der Waals surface area contributed by atoms with Crippen LogP contribution in [0.4, 0.5) is 0 Å². The average Bonchev–Trinajstić information content (AvgIpc) is 2.62. The fourth-order valence-corrected chi connectivity index (χ4v) is 4.93. The van der Waals surface area contributed by atoms with Gasteiger partial charge in [0.1, 0.15) is 0 Å². The van der Waals surface area contributed by atoms with Crippen molar-refractivity contribution < 1.29 is 8.42 Å². The van der Waals surface area contributed by atoms with Crippen molar-refractivity contribution in [1.82, 2.24) is 9.29 Å². The van der Waals surface area contributed by atoms with Crippen LogP contribution >= 0.6 is 0 Å². The van der Waals surface area contributed by atoms with Crippen molar-refractivity contribution in [1.29, 1.82) is 0 Å². The van der Waals surface area contributed by atoms with E-state index in [0.29, 0.717) is 11.4 Å². The van der Waals surface area contributed by atoms with Crippen LogP contribution in [0.1, 0.15) is 31.2 Å². The fraction of sp³-hybridized carbons (Fsp3) is 0.389. The average molecular weight is 330 g/mol. The van der Waals surface area contributed by atoms with E-state index in [-0.39, 0.29) is 6.04 Å². The van der Waals surface area contributed by atoms with E-state index in [4.69, 9.17) is 0 Å². The molecule has 5 heteroatoms. The van der Waals surface area contributed by atoms with Gasteiger partial charge >= 0.3 is 0 Å². The fourth-order valence-electron chi connectivity index (χ4n) is 3.19. The first kappa shape index (κ1) is 16.1. The van der Waals surface area contributed by atoms with Crippen LogP contribution in [0.5, 0.6) is 0 Å². The molecule has 1 fully saturated rings. The predicted octanol–water partition coefficient (Wildman–Crippen LogP) is 3.26. The largest absolute Gasteiger partial charge is 0.264 e. The third kappa shape index (κ3) is 3.79. The van der Waals surface area contributed by atoms with Crippen LogP contribution in [0.3, 0.4) is 0 Å². The van der Waals surface area contributed by atoms with Gasteiger partial charge in [-0.05, 0) is 49.4 Å². The van der Waals surface area contributed by atoms with E-state index < -0.39 is 10.0 Å². The summed E-state index contributed by atoms with van der Waals surface area (Å²) in [5.74, 6) is 0. The molecule has 1 aromatic heterocycles. The highest BCUT2D eigenvalue weighted by molar-refractivity contribution is 7.89. The highest BCUT2D eigenvalue weighted by Gasteiger charge is 2.32. The maximum Gasteiger partial charge on any atom is 0.243 e. The number of hydrogen-bond donors (Lipinski definition) is 0. The summed E-state index contributed by atoms with van der Waals surface area (Å²) in [4.78, 5) is 4.53. The van der Waals surface area contributed by atoms with Crippen LogP contribution in [0, 0.1) is 0 Å². The summed E-state index contributed by atoms with van der Waals surface area (Å²) < 4.78 is 27.6. The van der Waals surface area contributed by atoms with E-state index in [1.54, 1.807) is 34.8 Å². The van der Waals surface area contributed by atoms with Crippen molar-refractivity contribution in [3.63, 3.8) is 0 Å². The standard InChI is InChI=1S/C18H22N2O2S/c21-23(22,18-9-2-1-3-10-18)20-14-5-4-8-17(20)12-11-16-7-6-13-19-15-16/h1-3,6-7,9-10,13,15,17H,4-5,8,11-12,14H2. The summed E-state index contributed by atoms with van der Waals surface area (Å²) in [5, 5.41) is 0. The number of hydrogen-bond acceptors (Lipinski definition) is 3. The zero-order chi connectivity index (χ0) is 16.1. The lowest BCUT2D eigenvalue weighted by Gasteiger charge is -2.34. The number of pyridine rings is 1. The molecule has 1 atom stereocenters. The Hall–Kier alpha value is -1.72. The number of sulfonamides is 1. The van der Waals surface area contributed by atoms with Gasteiger partial charge in [0.15, 0.2) is 0 Å². The third-order valence-corrected chi connectivity index (χ3v) is 6.38. The van der Waals surface area contributed by atoms with Crippen molar-refractivity contribution in [3.05, 3.63) is 60.4 Å². The van der Waals surface area contributed by atoms with E-state index in [2.05, 4.69) is 4.98 Å². The summed E-state index contributed by atoms with van der Waals surface area (Å²) in [6.07, 6.45) is 8.30. The van der Waals surface area contributed by atoms with Crippen molar-refractivity contribution in [2.45, 2.75) is 43.0 Å². The number of rotatable bonds is 5. The van der Waals surface area contributed by atoms with Gasteiger partial charge < -0.3 is 0 Å². The highest BCUT2D eigenvalue weighted by Crippen LogP contribution is 2.27. The molecule has 3 rings (SSSR count). The van der Waals surface area contributed by atoms with E-state index in [0.717, 1.165) is 37.7 Å². The molecule has 4 nitrogen and oxygen atoms in total. The molecule has 0 saturated carbocycles. The topological polar surface area (TPSA) is 50.3 Å². The Morgan fingerprint density at radius 2 is 1.91 bits per heavy atom. The van der Waals surface area contributed by atoms with Gasteiger partial charge in [-0.3, -0.25) is 4.98 Å². The molecular formula is C18H22N2O2S. The normalized spacial score (nSPS) is 19.6. The highest BCUT2D eigenvalue weighted by atomic mass is 32.2. The van der Waals surface area contributed by atoms with Crippen LogP contribution in [-0.2, 0) is 16.4 Å². The van der Waals surface area contributed by atoms with Gasteiger partial charge in [-0.15, -0.1) is 0 Å². The van der Waals surface area contributed by atoms with Crippen molar-refractivity contribution >= 4 is 10.0 Å².